The first-order valence-electron chi connectivity index (χ1n) is 12.3. The van der Waals surface area contributed by atoms with Crippen LogP contribution in [-0.2, 0) is 19.2 Å². The Balaban J connectivity index is 1.08. The summed E-state index contributed by atoms with van der Waals surface area (Å²) in [7, 11) is 0. The molecule has 3 amide bonds. The molecule has 2 heterocycles. The van der Waals surface area contributed by atoms with Crippen LogP contribution < -0.4 is 14.5 Å². The maximum atomic E-state index is 13.4. The highest BCUT2D eigenvalue weighted by atomic mass is 35.5. The minimum absolute atomic E-state index is 0.0373. The fourth-order valence-electron chi connectivity index (χ4n) is 6.86. The number of amides is 3. The van der Waals surface area contributed by atoms with Gasteiger partial charge in [-0.05, 0) is 60.4 Å². The van der Waals surface area contributed by atoms with Crippen molar-refractivity contribution in [1.29, 1.82) is 0 Å². The number of halogens is 1. The summed E-state index contributed by atoms with van der Waals surface area (Å²) in [5.74, 6) is -0.620. The van der Waals surface area contributed by atoms with E-state index in [0.717, 1.165) is 6.42 Å². The van der Waals surface area contributed by atoms with E-state index in [1.807, 2.05) is 0 Å². The number of esters is 1. The number of carbonyl (C=O) groups excluding carboxylic acids is 4. The van der Waals surface area contributed by atoms with Crippen molar-refractivity contribution < 1.29 is 23.9 Å². The molecule has 0 radical (unpaired) electrons. The molecule has 4 fully saturated rings. The van der Waals surface area contributed by atoms with Gasteiger partial charge in [0.15, 0.2) is 0 Å². The predicted molar refractivity (Wildman–Crippen MR) is 131 cm³/mol. The fraction of sp³-hybridized carbons (Fsp3) is 0.357. The van der Waals surface area contributed by atoms with E-state index in [-0.39, 0.29) is 60.1 Å². The minimum atomic E-state index is -0.633. The summed E-state index contributed by atoms with van der Waals surface area (Å²) in [5.41, 5.74) is 1.05. The molecule has 2 aliphatic heterocycles. The topological polar surface area (TPSA) is 84.0 Å². The fourth-order valence-corrected chi connectivity index (χ4v) is 7.04. The average Bonchev–Trinajstić information content (AvgIpc) is 3.54. The number of rotatable bonds is 4. The first-order valence-corrected chi connectivity index (χ1v) is 12.7. The summed E-state index contributed by atoms with van der Waals surface area (Å²) >= 11 is 6.05. The maximum absolute atomic E-state index is 13.4. The van der Waals surface area contributed by atoms with Gasteiger partial charge < -0.3 is 9.64 Å². The largest absolute Gasteiger partial charge is 0.426 e. The van der Waals surface area contributed by atoms with Gasteiger partial charge in [-0.1, -0.05) is 35.9 Å². The number of imide groups is 1. The van der Waals surface area contributed by atoms with Gasteiger partial charge in [-0.15, -0.1) is 0 Å². The first-order chi connectivity index (χ1) is 17.4. The summed E-state index contributed by atoms with van der Waals surface area (Å²) in [6.07, 6.45) is 5.43. The Kier molecular flexibility index (Phi) is 4.71. The molecule has 6 aliphatic rings. The van der Waals surface area contributed by atoms with E-state index in [4.69, 9.17) is 16.3 Å². The van der Waals surface area contributed by atoms with Crippen LogP contribution in [0.15, 0.2) is 60.7 Å². The molecule has 2 saturated carbocycles. The van der Waals surface area contributed by atoms with Gasteiger partial charge in [-0.25, -0.2) is 4.90 Å². The predicted octanol–water partition coefficient (Wildman–Crippen LogP) is 3.86. The smallest absolute Gasteiger partial charge is 0.316 e. The molecule has 2 saturated heterocycles. The third-order valence-corrected chi connectivity index (χ3v) is 8.77. The number of nitrogens with zero attached hydrogens (tertiary/aromatic N) is 2. The van der Waals surface area contributed by atoms with Crippen molar-refractivity contribution in [2.24, 2.45) is 41.4 Å². The Morgan fingerprint density at radius 1 is 0.889 bits per heavy atom. The zero-order chi connectivity index (χ0) is 24.7. The third kappa shape index (κ3) is 3.18. The molecule has 2 bridgehead atoms. The highest BCUT2D eigenvalue weighted by Crippen LogP contribution is 2.65. The van der Waals surface area contributed by atoms with Crippen LogP contribution in [0.4, 0.5) is 11.4 Å². The van der Waals surface area contributed by atoms with Crippen molar-refractivity contribution in [1.82, 2.24) is 0 Å². The van der Waals surface area contributed by atoms with Crippen molar-refractivity contribution in [3.8, 4) is 5.75 Å². The van der Waals surface area contributed by atoms with Crippen molar-refractivity contribution >= 4 is 46.7 Å². The summed E-state index contributed by atoms with van der Waals surface area (Å²) in [4.78, 5) is 55.1. The van der Waals surface area contributed by atoms with Gasteiger partial charge in [0.25, 0.3) is 0 Å². The van der Waals surface area contributed by atoms with E-state index >= 15 is 0 Å². The van der Waals surface area contributed by atoms with Crippen LogP contribution in [-0.4, -0.2) is 30.2 Å². The maximum Gasteiger partial charge on any atom is 0.316 e. The van der Waals surface area contributed by atoms with Crippen LogP contribution in [0.1, 0.15) is 12.8 Å². The lowest BCUT2D eigenvalue weighted by Crippen LogP contribution is -2.40. The molecule has 8 rings (SSSR count). The minimum Gasteiger partial charge on any atom is -0.426 e. The molecule has 4 aliphatic carbocycles. The van der Waals surface area contributed by atoms with Crippen molar-refractivity contribution in [3.63, 3.8) is 0 Å². The van der Waals surface area contributed by atoms with Crippen molar-refractivity contribution in [2.45, 2.75) is 12.8 Å². The number of hydrogen-bond acceptors (Lipinski definition) is 5. The second kappa shape index (κ2) is 7.77. The van der Waals surface area contributed by atoms with Crippen molar-refractivity contribution in [3.05, 3.63) is 65.7 Å². The molecule has 7 nitrogen and oxygen atoms in total. The summed E-state index contributed by atoms with van der Waals surface area (Å²) < 4.78 is 5.62. The molecule has 8 heteroatoms. The second-order valence-corrected chi connectivity index (χ2v) is 10.9. The molecule has 0 aromatic heterocycles. The van der Waals surface area contributed by atoms with Crippen molar-refractivity contribution in [2.75, 3.05) is 16.3 Å². The summed E-state index contributed by atoms with van der Waals surface area (Å²) in [6, 6.07) is 13.5. The normalized spacial score (nSPS) is 33.7. The third-order valence-electron chi connectivity index (χ3n) is 8.54. The molecule has 2 aromatic rings. The Labute approximate surface area is 212 Å². The van der Waals surface area contributed by atoms with Gasteiger partial charge in [-0.3, -0.25) is 19.2 Å². The van der Waals surface area contributed by atoms with E-state index in [1.54, 1.807) is 48.5 Å². The number of ether oxygens (including phenoxy) is 1. The Morgan fingerprint density at radius 2 is 1.56 bits per heavy atom. The lowest BCUT2D eigenvalue weighted by molar-refractivity contribution is -0.139. The molecule has 182 valence electrons. The Hall–Kier alpha value is -3.45. The molecule has 2 aromatic carbocycles. The van der Waals surface area contributed by atoms with Crippen LogP contribution in [0.2, 0.25) is 5.02 Å². The molecule has 0 spiro atoms. The first kappa shape index (κ1) is 21.8. The van der Waals surface area contributed by atoms with Gasteiger partial charge in [0, 0.05) is 29.7 Å². The van der Waals surface area contributed by atoms with E-state index in [9.17, 15) is 19.2 Å². The van der Waals surface area contributed by atoms with Gasteiger partial charge >= 0.3 is 5.97 Å². The molecule has 7 atom stereocenters. The highest BCUT2D eigenvalue weighted by molar-refractivity contribution is 6.31. The van der Waals surface area contributed by atoms with Crippen LogP contribution in [0, 0.1) is 41.4 Å². The monoisotopic (exact) mass is 502 g/mol. The molecular formula is C28H23ClN2O5. The highest BCUT2D eigenvalue weighted by Gasteiger charge is 2.67. The average molecular weight is 503 g/mol. The van der Waals surface area contributed by atoms with Crippen LogP contribution in [0.25, 0.3) is 0 Å². The second-order valence-electron chi connectivity index (χ2n) is 10.5. The Morgan fingerprint density at radius 3 is 2.25 bits per heavy atom. The number of allylic oxidation sites excluding steroid dienone is 2. The lowest BCUT2D eigenvalue weighted by atomic mass is 9.63. The number of anilines is 2. The number of hydrogen-bond donors (Lipinski definition) is 0. The molecule has 0 N–H and O–H groups in total. The van der Waals surface area contributed by atoms with E-state index in [0.29, 0.717) is 28.2 Å². The van der Waals surface area contributed by atoms with Crippen LogP contribution in [0.5, 0.6) is 5.75 Å². The number of carbonyl (C=O) groups is 4. The van der Waals surface area contributed by atoms with E-state index < -0.39 is 11.9 Å². The zero-order valence-corrected chi connectivity index (χ0v) is 20.0. The van der Waals surface area contributed by atoms with Crippen LogP contribution in [0.3, 0.4) is 0 Å². The van der Waals surface area contributed by atoms with E-state index in [1.165, 1.54) is 9.80 Å². The van der Waals surface area contributed by atoms with E-state index in [2.05, 4.69) is 12.2 Å². The summed E-state index contributed by atoms with van der Waals surface area (Å²) in [5, 5.41) is 0.509. The van der Waals surface area contributed by atoms with Gasteiger partial charge in [-0.2, -0.15) is 0 Å². The standard InChI is InChI=1S/C28H23ClN2O5/c29-15-3-1-4-16(10-15)30-13-14(9-23(30)32)28(35)36-18-6-2-5-17(11-18)31-26(33)24-19-7-8-20(22-12-21(19)22)25(24)27(31)34/h1-8,10-11,14,19-22,24-25H,9,12-13H2/t14-,19-,20-,21-,22+,24+,25+/m0/s1. The van der Waals surface area contributed by atoms with Gasteiger partial charge in [0.05, 0.1) is 23.4 Å². The van der Waals surface area contributed by atoms with Crippen LogP contribution >= 0.6 is 11.6 Å². The quantitative estimate of drug-likeness (QED) is 0.274. The Bertz CT molecular complexity index is 1340. The SMILES string of the molecule is O=C(Oc1cccc(N2C(=O)[C@@H]3[C@H]4C=C[C@@H]([C@@H]5C[C@H]45)[C@H]3C2=O)c1)[C@H]1CC(=O)N(c2cccc(Cl)c2)C1. The molecular weight excluding hydrogens is 480 g/mol. The number of benzene rings is 2. The molecule has 0 unspecified atom stereocenters. The zero-order valence-electron chi connectivity index (χ0n) is 19.2. The van der Waals surface area contributed by atoms with Gasteiger partial charge in [0.1, 0.15) is 5.75 Å². The molecule has 36 heavy (non-hydrogen) atoms. The summed E-state index contributed by atoms with van der Waals surface area (Å²) in [6.45, 7) is 0.197. The lowest BCUT2D eigenvalue weighted by Gasteiger charge is -2.37. The van der Waals surface area contributed by atoms with Gasteiger partial charge in [0.2, 0.25) is 17.7 Å².